The van der Waals surface area contributed by atoms with Gasteiger partial charge in [-0.15, -0.1) is 0 Å². The number of nitrogens with one attached hydrogen (secondary N) is 1. The summed E-state index contributed by atoms with van der Waals surface area (Å²) in [6.45, 7) is 0. The van der Waals surface area contributed by atoms with E-state index in [1.165, 1.54) is 0 Å². The molecule has 4 nitrogen and oxygen atoms in total. The standard InChI is InChI=1S/C11H9N3O/c1-2-4-10-9(3-1)12-11(13-10)7-8-5-6-15-14-8/h1-6H,7H2,(H,12,13). The molecule has 0 unspecified atom stereocenters. The van der Waals surface area contributed by atoms with Crippen molar-refractivity contribution in [1.82, 2.24) is 15.1 Å². The number of aromatic amines is 1. The number of nitrogens with zero attached hydrogens (tertiary/aromatic N) is 2. The molecule has 2 heterocycles. The van der Waals surface area contributed by atoms with Crippen LogP contribution < -0.4 is 0 Å². The van der Waals surface area contributed by atoms with Crippen LogP contribution >= 0.6 is 0 Å². The van der Waals surface area contributed by atoms with E-state index in [1.54, 1.807) is 6.26 Å². The summed E-state index contributed by atoms with van der Waals surface area (Å²) >= 11 is 0. The summed E-state index contributed by atoms with van der Waals surface area (Å²) in [4.78, 5) is 7.69. The van der Waals surface area contributed by atoms with Gasteiger partial charge in [-0.3, -0.25) is 0 Å². The zero-order chi connectivity index (χ0) is 10.1. The minimum Gasteiger partial charge on any atom is -0.364 e. The van der Waals surface area contributed by atoms with Gasteiger partial charge in [0.25, 0.3) is 0 Å². The first kappa shape index (κ1) is 8.23. The van der Waals surface area contributed by atoms with Crippen molar-refractivity contribution in [2.45, 2.75) is 6.42 Å². The smallest absolute Gasteiger partial charge is 0.124 e. The molecule has 1 aromatic carbocycles. The van der Waals surface area contributed by atoms with Crippen molar-refractivity contribution in [1.29, 1.82) is 0 Å². The van der Waals surface area contributed by atoms with Gasteiger partial charge in [0.15, 0.2) is 0 Å². The number of rotatable bonds is 2. The molecule has 0 spiro atoms. The maximum Gasteiger partial charge on any atom is 0.124 e. The topological polar surface area (TPSA) is 54.7 Å². The normalized spacial score (nSPS) is 10.9. The van der Waals surface area contributed by atoms with Crippen LogP contribution in [-0.2, 0) is 6.42 Å². The van der Waals surface area contributed by atoms with Crippen LogP contribution in [0.2, 0.25) is 0 Å². The predicted octanol–water partition coefficient (Wildman–Crippen LogP) is 2.14. The van der Waals surface area contributed by atoms with Gasteiger partial charge in [-0.2, -0.15) is 0 Å². The Balaban J connectivity index is 1.98. The van der Waals surface area contributed by atoms with E-state index in [4.69, 9.17) is 4.52 Å². The van der Waals surface area contributed by atoms with Crippen molar-refractivity contribution in [2.24, 2.45) is 0 Å². The van der Waals surface area contributed by atoms with E-state index in [9.17, 15) is 0 Å². The number of para-hydroxylation sites is 2. The number of hydrogen-bond acceptors (Lipinski definition) is 3. The fourth-order valence-electron chi connectivity index (χ4n) is 1.59. The van der Waals surface area contributed by atoms with Gasteiger partial charge in [0.05, 0.1) is 23.1 Å². The Labute approximate surface area is 85.9 Å². The Kier molecular flexibility index (Phi) is 1.78. The Morgan fingerprint density at radius 2 is 2.13 bits per heavy atom. The van der Waals surface area contributed by atoms with Crippen molar-refractivity contribution in [2.75, 3.05) is 0 Å². The average molecular weight is 199 g/mol. The molecule has 74 valence electrons. The zero-order valence-electron chi connectivity index (χ0n) is 7.97. The molecule has 0 fully saturated rings. The monoisotopic (exact) mass is 199 g/mol. The van der Waals surface area contributed by atoms with Crippen LogP contribution in [0, 0.1) is 0 Å². The summed E-state index contributed by atoms with van der Waals surface area (Å²) in [5.41, 5.74) is 2.92. The lowest BCUT2D eigenvalue weighted by Gasteiger charge is -1.88. The van der Waals surface area contributed by atoms with Gasteiger partial charge in [0, 0.05) is 6.07 Å². The van der Waals surface area contributed by atoms with Crippen molar-refractivity contribution in [3.05, 3.63) is 48.1 Å². The highest BCUT2D eigenvalue weighted by atomic mass is 16.5. The number of hydrogen-bond donors (Lipinski definition) is 1. The molecule has 15 heavy (non-hydrogen) atoms. The van der Waals surface area contributed by atoms with Crippen LogP contribution in [0.4, 0.5) is 0 Å². The first-order chi connectivity index (χ1) is 7.42. The quantitative estimate of drug-likeness (QED) is 0.687. The highest BCUT2D eigenvalue weighted by molar-refractivity contribution is 5.74. The van der Waals surface area contributed by atoms with Crippen molar-refractivity contribution < 1.29 is 4.52 Å². The van der Waals surface area contributed by atoms with Gasteiger partial charge in [0.1, 0.15) is 12.1 Å². The van der Waals surface area contributed by atoms with Crippen LogP contribution in [0.3, 0.4) is 0 Å². The molecule has 0 saturated carbocycles. The number of H-pyrrole nitrogens is 1. The van der Waals surface area contributed by atoms with Crippen LogP contribution in [0.5, 0.6) is 0 Å². The summed E-state index contributed by atoms with van der Waals surface area (Å²) in [6, 6.07) is 9.80. The summed E-state index contributed by atoms with van der Waals surface area (Å²) in [5, 5.41) is 3.85. The molecule has 0 aliphatic rings. The lowest BCUT2D eigenvalue weighted by molar-refractivity contribution is 0.412. The lowest BCUT2D eigenvalue weighted by Crippen LogP contribution is -1.89. The van der Waals surface area contributed by atoms with Crippen molar-refractivity contribution >= 4 is 11.0 Å². The summed E-state index contributed by atoms with van der Waals surface area (Å²) in [5.74, 6) is 0.908. The summed E-state index contributed by atoms with van der Waals surface area (Å²) < 4.78 is 4.77. The molecule has 0 aliphatic carbocycles. The first-order valence-electron chi connectivity index (χ1n) is 4.75. The molecular formula is C11H9N3O. The van der Waals surface area contributed by atoms with Gasteiger partial charge in [-0.25, -0.2) is 4.98 Å². The third-order valence-electron chi connectivity index (χ3n) is 2.28. The predicted molar refractivity (Wildman–Crippen MR) is 55.4 cm³/mol. The fourth-order valence-corrected chi connectivity index (χ4v) is 1.59. The number of aromatic nitrogens is 3. The number of benzene rings is 1. The highest BCUT2D eigenvalue weighted by Gasteiger charge is 2.04. The molecule has 2 aromatic heterocycles. The maximum atomic E-state index is 4.77. The van der Waals surface area contributed by atoms with Gasteiger partial charge in [-0.05, 0) is 12.1 Å². The molecule has 4 heteroatoms. The molecule has 3 rings (SSSR count). The van der Waals surface area contributed by atoms with E-state index in [2.05, 4.69) is 15.1 Å². The van der Waals surface area contributed by atoms with Gasteiger partial charge >= 0.3 is 0 Å². The maximum absolute atomic E-state index is 4.77. The Morgan fingerprint density at radius 3 is 2.93 bits per heavy atom. The van der Waals surface area contributed by atoms with E-state index in [0.29, 0.717) is 6.42 Å². The zero-order valence-corrected chi connectivity index (χ0v) is 7.97. The number of imidazole rings is 1. The van der Waals surface area contributed by atoms with E-state index in [1.807, 2.05) is 30.3 Å². The third-order valence-corrected chi connectivity index (χ3v) is 2.28. The van der Waals surface area contributed by atoms with Crippen molar-refractivity contribution in [3.63, 3.8) is 0 Å². The second-order valence-corrected chi connectivity index (χ2v) is 3.37. The molecule has 0 bridgehead atoms. The Hall–Kier alpha value is -2.10. The lowest BCUT2D eigenvalue weighted by atomic mass is 10.3. The van der Waals surface area contributed by atoms with Crippen LogP contribution in [0.15, 0.2) is 41.1 Å². The molecule has 0 aliphatic heterocycles. The SMILES string of the molecule is c1ccc2[nH]c(Cc3ccon3)nc2c1. The first-order valence-corrected chi connectivity index (χ1v) is 4.75. The van der Waals surface area contributed by atoms with Crippen molar-refractivity contribution in [3.8, 4) is 0 Å². The van der Waals surface area contributed by atoms with Crippen LogP contribution in [0.1, 0.15) is 11.5 Å². The Morgan fingerprint density at radius 1 is 1.20 bits per heavy atom. The highest BCUT2D eigenvalue weighted by Crippen LogP contribution is 2.12. The largest absolute Gasteiger partial charge is 0.364 e. The van der Waals surface area contributed by atoms with Crippen LogP contribution in [-0.4, -0.2) is 15.1 Å². The molecular weight excluding hydrogens is 190 g/mol. The van der Waals surface area contributed by atoms with E-state index in [0.717, 1.165) is 22.6 Å². The molecule has 0 saturated heterocycles. The van der Waals surface area contributed by atoms with Crippen LogP contribution in [0.25, 0.3) is 11.0 Å². The third kappa shape index (κ3) is 1.50. The Bertz CT molecular complexity index is 535. The minimum absolute atomic E-state index is 0.672. The molecule has 1 N–H and O–H groups in total. The van der Waals surface area contributed by atoms with Gasteiger partial charge in [-0.1, -0.05) is 17.3 Å². The summed E-state index contributed by atoms with van der Waals surface area (Å²) in [7, 11) is 0. The van der Waals surface area contributed by atoms with E-state index < -0.39 is 0 Å². The van der Waals surface area contributed by atoms with Gasteiger partial charge in [0.2, 0.25) is 0 Å². The molecule has 0 amide bonds. The molecule has 0 radical (unpaired) electrons. The second kappa shape index (κ2) is 3.24. The average Bonchev–Trinajstić information content (AvgIpc) is 2.86. The molecule has 3 aromatic rings. The minimum atomic E-state index is 0.672. The van der Waals surface area contributed by atoms with E-state index in [-0.39, 0.29) is 0 Å². The van der Waals surface area contributed by atoms with E-state index >= 15 is 0 Å². The fraction of sp³-hybridized carbons (Fsp3) is 0.0909. The number of fused-ring (bicyclic) bond motifs is 1. The van der Waals surface area contributed by atoms with Gasteiger partial charge < -0.3 is 9.51 Å². The second-order valence-electron chi connectivity index (χ2n) is 3.37. The summed E-state index contributed by atoms with van der Waals surface area (Å²) in [6.07, 6.45) is 2.24. The molecule has 0 atom stereocenters.